The van der Waals surface area contributed by atoms with E-state index in [2.05, 4.69) is 41.3 Å². The maximum atomic E-state index is 11.9. The van der Waals surface area contributed by atoms with Crippen LogP contribution in [0.1, 0.15) is 30.0 Å². The van der Waals surface area contributed by atoms with Crippen LogP contribution < -0.4 is 9.47 Å². The number of sulfone groups is 1. The van der Waals surface area contributed by atoms with Gasteiger partial charge in [0.1, 0.15) is 13.2 Å². The molecule has 1 saturated heterocycles. The first-order valence-corrected chi connectivity index (χ1v) is 12.9. The van der Waals surface area contributed by atoms with Crippen molar-refractivity contribution in [2.45, 2.75) is 30.3 Å². The molecule has 0 N–H and O–H groups in total. The SMILES string of the molecule is CS(=O)(=O)c1cccc(-c2ccc(CN3CCCC3c3ccc4c(c3)OCCO4)cc2)c1. The highest BCUT2D eigenvalue weighted by molar-refractivity contribution is 7.90. The first-order chi connectivity index (χ1) is 15.5. The van der Waals surface area contributed by atoms with Crippen LogP contribution in [0, 0.1) is 0 Å². The summed E-state index contributed by atoms with van der Waals surface area (Å²) in [6.07, 6.45) is 3.55. The molecular weight excluding hydrogens is 422 g/mol. The predicted molar refractivity (Wildman–Crippen MR) is 125 cm³/mol. The lowest BCUT2D eigenvalue weighted by atomic mass is 10.0. The van der Waals surface area contributed by atoms with Crippen molar-refractivity contribution in [2.75, 3.05) is 26.0 Å². The normalized spacial score (nSPS) is 18.6. The molecule has 3 aromatic rings. The fraction of sp³-hybridized carbons (Fsp3) is 0.308. The Morgan fingerprint density at radius 2 is 1.69 bits per heavy atom. The number of hydrogen-bond acceptors (Lipinski definition) is 5. The van der Waals surface area contributed by atoms with Crippen molar-refractivity contribution in [1.29, 1.82) is 0 Å². The average molecular weight is 450 g/mol. The van der Waals surface area contributed by atoms with Crippen LogP contribution in [0.25, 0.3) is 11.1 Å². The van der Waals surface area contributed by atoms with E-state index in [1.807, 2.05) is 12.1 Å². The standard InChI is InChI=1S/C26H27NO4S/c1-32(28,29)23-5-2-4-21(16-23)20-9-7-19(8-10-20)18-27-13-3-6-24(27)22-11-12-25-26(17-22)31-15-14-30-25/h2,4-5,7-12,16-17,24H,3,6,13-15,18H2,1H3. The molecule has 5 rings (SSSR count). The van der Waals surface area contributed by atoms with Gasteiger partial charge in [0.25, 0.3) is 0 Å². The van der Waals surface area contributed by atoms with Crippen molar-refractivity contribution in [3.8, 4) is 22.6 Å². The highest BCUT2D eigenvalue weighted by atomic mass is 32.2. The van der Waals surface area contributed by atoms with E-state index < -0.39 is 9.84 Å². The Bertz CT molecular complexity index is 1220. The summed E-state index contributed by atoms with van der Waals surface area (Å²) < 4.78 is 35.2. The van der Waals surface area contributed by atoms with Crippen LogP contribution in [-0.4, -0.2) is 39.3 Å². The molecule has 0 spiro atoms. The third kappa shape index (κ3) is 4.38. The first-order valence-electron chi connectivity index (χ1n) is 11.0. The van der Waals surface area contributed by atoms with Gasteiger partial charge >= 0.3 is 0 Å². The van der Waals surface area contributed by atoms with Crippen molar-refractivity contribution in [1.82, 2.24) is 4.90 Å². The van der Waals surface area contributed by atoms with Crippen molar-refractivity contribution in [2.24, 2.45) is 0 Å². The molecule has 1 fully saturated rings. The van der Waals surface area contributed by atoms with E-state index >= 15 is 0 Å². The zero-order valence-electron chi connectivity index (χ0n) is 18.2. The van der Waals surface area contributed by atoms with E-state index in [1.165, 1.54) is 23.8 Å². The van der Waals surface area contributed by atoms with Crippen LogP contribution >= 0.6 is 0 Å². The number of rotatable bonds is 5. The lowest BCUT2D eigenvalue weighted by molar-refractivity contribution is 0.170. The van der Waals surface area contributed by atoms with E-state index in [9.17, 15) is 8.42 Å². The average Bonchev–Trinajstić information content (AvgIpc) is 3.27. The molecule has 0 saturated carbocycles. The maximum Gasteiger partial charge on any atom is 0.175 e. The van der Waals surface area contributed by atoms with Crippen LogP contribution in [0.4, 0.5) is 0 Å². The van der Waals surface area contributed by atoms with Gasteiger partial charge in [-0.25, -0.2) is 8.42 Å². The van der Waals surface area contributed by atoms with E-state index in [1.54, 1.807) is 18.2 Å². The lowest BCUT2D eigenvalue weighted by Crippen LogP contribution is -2.23. The topological polar surface area (TPSA) is 55.8 Å². The van der Waals surface area contributed by atoms with Gasteiger partial charge in [-0.2, -0.15) is 0 Å². The van der Waals surface area contributed by atoms with Gasteiger partial charge in [-0.05, 0) is 65.9 Å². The fourth-order valence-electron chi connectivity index (χ4n) is 4.60. The van der Waals surface area contributed by atoms with E-state index in [0.29, 0.717) is 24.2 Å². The van der Waals surface area contributed by atoms with Gasteiger partial charge in [0.15, 0.2) is 21.3 Å². The Balaban J connectivity index is 1.32. The number of likely N-dealkylation sites (tertiary alicyclic amines) is 1. The van der Waals surface area contributed by atoms with E-state index in [0.717, 1.165) is 42.1 Å². The predicted octanol–water partition coefficient (Wildman–Crippen LogP) is 4.87. The Kier molecular flexibility index (Phi) is 5.66. The van der Waals surface area contributed by atoms with Gasteiger partial charge in [-0.3, -0.25) is 4.90 Å². The minimum atomic E-state index is -3.22. The summed E-state index contributed by atoms with van der Waals surface area (Å²) in [7, 11) is -3.22. The largest absolute Gasteiger partial charge is 0.486 e. The minimum Gasteiger partial charge on any atom is -0.486 e. The van der Waals surface area contributed by atoms with Gasteiger partial charge in [0.2, 0.25) is 0 Å². The molecule has 3 aromatic carbocycles. The summed E-state index contributed by atoms with van der Waals surface area (Å²) in [4.78, 5) is 2.86. The monoisotopic (exact) mass is 449 g/mol. The smallest absolute Gasteiger partial charge is 0.175 e. The Morgan fingerprint density at radius 1 is 0.906 bits per heavy atom. The summed E-state index contributed by atoms with van der Waals surface area (Å²) in [6.45, 7) is 3.15. The molecule has 32 heavy (non-hydrogen) atoms. The third-order valence-electron chi connectivity index (χ3n) is 6.25. The highest BCUT2D eigenvalue weighted by Gasteiger charge is 2.27. The van der Waals surface area contributed by atoms with Crippen molar-refractivity contribution < 1.29 is 17.9 Å². The van der Waals surface area contributed by atoms with Gasteiger partial charge in [-0.1, -0.05) is 42.5 Å². The molecule has 6 heteroatoms. The molecule has 2 aliphatic rings. The molecule has 0 bridgehead atoms. The third-order valence-corrected chi connectivity index (χ3v) is 7.36. The van der Waals surface area contributed by atoms with Gasteiger partial charge < -0.3 is 9.47 Å². The van der Waals surface area contributed by atoms with Crippen LogP contribution in [0.2, 0.25) is 0 Å². The zero-order valence-corrected chi connectivity index (χ0v) is 19.0. The molecule has 166 valence electrons. The molecule has 1 atom stereocenters. The molecule has 2 heterocycles. The number of ether oxygens (including phenoxy) is 2. The molecular formula is C26H27NO4S. The second-order valence-electron chi connectivity index (χ2n) is 8.53. The number of benzene rings is 3. The minimum absolute atomic E-state index is 0.346. The van der Waals surface area contributed by atoms with Crippen molar-refractivity contribution in [3.63, 3.8) is 0 Å². The van der Waals surface area contributed by atoms with Crippen molar-refractivity contribution >= 4 is 9.84 Å². The summed E-state index contributed by atoms with van der Waals surface area (Å²) in [5, 5.41) is 0. The van der Waals surface area contributed by atoms with Crippen LogP contribution in [0.5, 0.6) is 11.5 Å². The van der Waals surface area contributed by atoms with Gasteiger partial charge in [-0.15, -0.1) is 0 Å². The van der Waals surface area contributed by atoms with Crippen LogP contribution in [0.15, 0.2) is 71.6 Å². The van der Waals surface area contributed by atoms with Crippen molar-refractivity contribution in [3.05, 3.63) is 77.9 Å². The van der Waals surface area contributed by atoms with Crippen LogP contribution in [-0.2, 0) is 16.4 Å². The van der Waals surface area contributed by atoms with Crippen LogP contribution in [0.3, 0.4) is 0 Å². The van der Waals surface area contributed by atoms with Gasteiger partial charge in [0.05, 0.1) is 4.90 Å². The molecule has 2 aliphatic heterocycles. The summed E-state index contributed by atoms with van der Waals surface area (Å²) in [6, 6.07) is 22.2. The molecule has 0 aromatic heterocycles. The lowest BCUT2D eigenvalue weighted by Gasteiger charge is -2.26. The number of hydrogen-bond donors (Lipinski definition) is 0. The molecule has 0 amide bonds. The fourth-order valence-corrected chi connectivity index (χ4v) is 5.27. The van der Waals surface area contributed by atoms with E-state index in [-0.39, 0.29) is 0 Å². The molecule has 5 nitrogen and oxygen atoms in total. The van der Waals surface area contributed by atoms with E-state index in [4.69, 9.17) is 9.47 Å². The maximum absolute atomic E-state index is 11.9. The Hall–Kier alpha value is -2.83. The Labute approximate surface area is 189 Å². The van der Waals surface area contributed by atoms with Gasteiger partial charge in [0, 0.05) is 18.8 Å². The number of fused-ring (bicyclic) bond motifs is 1. The molecule has 0 radical (unpaired) electrons. The summed E-state index contributed by atoms with van der Waals surface area (Å²) >= 11 is 0. The zero-order chi connectivity index (χ0) is 22.1. The highest BCUT2D eigenvalue weighted by Crippen LogP contribution is 2.38. The molecule has 1 unspecified atom stereocenters. The second-order valence-corrected chi connectivity index (χ2v) is 10.5. The first kappa shape index (κ1) is 21.0. The summed E-state index contributed by atoms with van der Waals surface area (Å²) in [5.41, 5.74) is 4.46. The number of nitrogens with zero attached hydrogens (tertiary/aromatic N) is 1. The second kappa shape index (κ2) is 8.60. The Morgan fingerprint density at radius 3 is 2.47 bits per heavy atom. The molecule has 0 aliphatic carbocycles. The quantitative estimate of drug-likeness (QED) is 0.557. The summed E-state index contributed by atoms with van der Waals surface area (Å²) in [5.74, 6) is 1.68.